The number of aromatic nitrogens is 2. The first-order chi connectivity index (χ1) is 10.0. The first kappa shape index (κ1) is 13.3. The van der Waals surface area contributed by atoms with Crippen LogP contribution in [0.3, 0.4) is 0 Å². The molecule has 21 heavy (non-hydrogen) atoms. The number of benzene rings is 1. The van der Waals surface area contributed by atoms with Gasteiger partial charge >= 0.3 is 0 Å². The molecule has 0 aliphatic rings. The van der Waals surface area contributed by atoms with Crippen molar-refractivity contribution >= 4 is 27.7 Å². The normalized spacial score (nSPS) is 11.1. The van der Waals surface area contributed by atoms with Gasteiger partial charge in [-0.05, 0) is 25.5 Å². The zero-order valence-electron chi connectivity index (χ0n) is 11.9. The second-order valence-corrected chi connectivity index (χ2v) is 5.03. The molecule has 1 aromatic carbocycles. The second-order valence-electron chi connectivity index (χ2n) is 5.03. The Kier molecular flexibility index (Phi) is 2.97. The van der Waals surface area contributed by atoms with E-state index in [1.165, 1.54) is 10.8 Å². The van der Waals surface area contributed by atoms with Gasteiger partial charge in [0.05, 0.1) is 22.0 Å². The molecule has 0 aliphatic heterocycles. The Morgan fingerprint density at radius 3 is 2.76 bits per heavy atom. The van der Waals surface area contributed by atoms with Crippen molar-refractivity contribution < 1.29 is 4.79 Å². The third kappa shape index (κ3) is 1.98. The summed E-state index contributed by atoms with van der Waals surface area (Å²) in [6.45, 7) is 4.26. The number of nitrogens with zero attached hydrogens (tertiary/aromatic N) is 2. The lowest BCUT2D eigenvalue weighted by Crippen LogP contribution is -2.23. The largest absolute Gasteiger partial charge is 0.365 e. The summed E-state index contributed by atoms with van der Waals surface area (Å²) in [6.07, 6.45) is 1.49. The van der Waals surface area contributed by atoms with E-state index in [-0.39, 0.29) is 11.1 Å². The maximum Gasteiger partial charge on any atom is 0.260 e. The van der Waals surface area contributed by atoms with Gasteiger partial charge in [0.15, 0.2) is 0 Å². The molecule has 3 aromatic rings. The summed E-state index contributed by atoms with van der Waals surface area (Å²) in [6, 6.07) is 7.55. The molecule has 0 atom stereocenters. The summed E-state index contributed by atoms with van der Waals surface area (Å²) in [5.41, 5.74) is 7.70. The van der Waals surface area contributed by atoms with Crippen LogP contribution in [0.15, 0.2) is 35.3 Å². The first-order valence-corrected chi connectivity index (χ1v) is 6.76. The zero-order valence-corrected chi connectivity index (χ0v) is 11.9. The minimum atomic E-state index is -0.581. The van der Waals surface area contributed by atoms with Crippen LogP contribution in [0.4, 0.5) is 0 Å². The molecule has 0 radical (unpaired) electrons. The molecule has 1 amide bonds. The second kappa shape index (κ2) is 4.70. The molecule has 2 heterocycles. The highest BCUT2D eigenvalue weighted by molar-refractivity contribution is 6.06. The third-order valence-electron chi connectivity index (χ3n) is 3.69. The van der Waals surface area contributed by atoms with Gasteiger partial charge in [-0.15, -0.1) is 0 Å². The van der Waals surface area contributed by atoms with E-state index in [1.54, 1.807) is 6.07 Å². The van der Waals surface area contributed by atoms with E-state index in [9.17, 15) is 9.59 Å². The molecule has 0 unspecified atom stereocenters. The number of hydrogen-bond donors (Lipinski definition) is 1. The van der Waals surface area contributed by atoms with Crippen LogP contribution in [0.25, 0.3) is 21.8 Å². The number of carbonyl (C=O) groups excluding carboxylic acids is 1. The van der Waals surface area contributed by atoms with E-state index < -0.39 is 5.91 Å². The average molecular weight is 281 g/mol. The fourth-order valence-electron chi connectivity index (χ4n) is 2.56. The zero-order chi connectivity index (χ0) is 15.1. The lowest BCUT2D eigenvalue weighted by Gasteiger charge is -2.10. The lowest BCUT2D eigenvalue weighted by molar-refractivity contribution is 0.100. The van der Waals surface area contributed by atoms with Crippen molar-refractivity contribution in [3.8, 4) is 0 Å². The van der Waals surface area contributed by atoms with Crippen LogP contribution in [0, 0.1) is 6.92 Å². The quantitative estimate of drug-likeness (QED) is 0.729. The standard InChI is InChI=1S/C16H15N3O2/c1-3-19-8-12(15(17)20)14-11(16(19)21)7-10-6-4-5-9(2)13(10)18-14/h4-8H,3H2,1-2H3,(H2,17,20). The Morgan fingerprint density at radius 2 is 2.10 bits per heavy atom. The molecule has 5 nitrogen and oxygen atoms in total. The van der Waals surface area contributed by atoms with Gasteiger partial charge in [0, 0.05) is 18.1 Å². The summed E-state index contributed by atoms with van der Waals surface area (Å²) in [5.74, 6) is -0.581. The Hall–Kier alpha value is -2.69. The third-order valence-corrected chi connectivity index (χ3v) is 3.69. The van der Waals surface area contributed by atoms with Crippen LogP contribution in [0.2, 0.25) is 0 Å². The number of rotatable bonds is 2. The van der Waals surface area contributed by atoms with Gasteiger partial charge in [-0.1, -0.05) is 18.2 Å². The molecule has 2 N–H and O–H groups in total. The minimum Gasteiger partial charge on any atom is -0.365 e. The summed E-state index contributed by atoms with van der Waals surface area (Å²) < 4.78 is 1.48. The maximum absolute atomic E-state index is 12.4. The van der Waals surface area contributed by atoms with Gasteiger partial charge in [-0.25, -0.2) is 4.98 Å². The molecular weight excluding hydrogens is 266 g/mol. The van der Waals surface area contributed by atoms with Gasteiger partial charge in [-0.2, -0.15) is 0 Å². The number of carbonyl (C=O) groups is 1. The van der Waals surface area contributed by atoms with Crippen molar-refractivity contribution in [2.45, 2.75) is 20.4 Å². The number of fused-ring (bicyclic) bond motifs is 2. The van der Waals surface area contributed by atoms with E-state index in [2.05, 4.69) is 4.98 Å². The highest BCUT2D eigenvalue weighted by Gasteiger charge is 2.15. The number of aryl methyl sites for hydroxylation is 2. The lowest BCUT2D eigenvalue weighted by atomic mass is 10.1. The monoisotopic (exact) mass is 281 g/mol. The van der Waals surface area contributed by atoms with E-state index in [1.807, 2.05) is 32.0 Å². The van der Waals surface area contributed by atoms with Crippen LogP contribution in [-0.4, -0.2) is 15.5 Å². The predicted molar refractivity (Wildman–Crippen MR) is 82.4 cm³/mol. The molecule has 3 rings (SSSR count). The van der Waals surface area contributed by atoms with E-state index in [4.69, 9.17) is 5.73 Å². The molecule has 5 heteroatoms. The van der Waals surface area contributed by atoms with Crippen molar-refractivity contribution in [1.29, 1.82) is 0 Å². The molecule has 0 spiro atoms. The smallest absolute Gasteiger partial charge is 0.260 e. The molecule has 2 aromatic heterocycles. The SMILES string of the molecule is CCn1cc(C(N)=O)c2nc3c(C)cccc3cc2c1=O. The Balaban J connectivity index is 2.57. The summed E-state index contributed by atoms with van der Waals surface area (Å²) in [4.78, 5) is 28.6. The Labute approximate surface area is 121 Å². The van der Waals surface area contributed by atoms with Crippen molar-refractivity contribution in [2.24, 2.45) is 5.73 Å². The maximum atomic E-state index is 12.4. The Bertz CT molecular complexity index is 942. The van der Waals surface area contributed by atoms with Crippen LogP contribution >= 0.6 is 0 Å². The fraction of sp³-hybridized carbons (Fsp3) is 0.188. The van der Waals surface area contributed by atoms with Gasteiger partial charge in [0.25, 0.3) is 11.5 Å². The number of pyridine rings is 2. The topological polar surface area (TPSA) is 78.0 Å². The van der Waals surface area contributed by atoms with Crippen LogP contribution in [-0.2, 0) is 6.54 Å². The predicted octanol–water partition coefficient (Wildman–Crippen LogP) is 1.98. The van der Waals surface area contributed by atoms with Gasteiger partial charge in [0.1, 0.15) is 0 Å². The van der Waals surface area contributed by atoms with E-state index in [0.717, 1.165) is 16.5 Å². The summed E-state index contributed by atoms with van der Waals surface area (Å²) in [5, 5.41) is 1.30. The number of nitrogens with two attached hydrogens (primary N) is 1. The van der Waals surface area contributed by atoms with Crippen LogP contribution < -0.4 is 11.3 Å². The number of primary amides is 1. The van der Waals surface area contributed by atoms with Crippen molar-refractivity contribution in [1.82, 2.24) is 9.55 Å². The number of para-hydroxylation sites is 1. The van der Waals surface area contributed by atoms with Crippen LogP contribution in [0.1, 0.15) is 22.8 Å². The molecule has 0 bridgehead atoms. The van der Waals surface area contributed by atoms with E-state index >= 15 is 0 Å². The number of amides is 1. The fourth-order valence-corrected chi connectivity index (χ4v) is 2.56. The van der Waals surface area contributed by atoms with Gasteiger partial charge < -0.3 is 10.3 Å². The highest BCUT2D eigenvalue weighted by Crippen LogP contribution is 2.22. The van der Waals surface area contributed by atoms with Crippen molar-refractivity contribution in [2.75, 3.05) is 0 Å². The number of hydrogen-bond acceptors (Lipinski definition) is 3. The minimum absolute atomic E-state index is 0.159. The molecule has 0 fully saturated rings. The molecular formula is C16H15N3O2. The van der Waals surface area contributed by atoms with E-state index in [0.29, 0.717) is 17.4 Å². The van der Waals surface area contributed by atoms with Crippen molar-refractivity contribution in [3.05, 3.63) is 51.9 Å². The summed E-state index contributed by atoms with van der Waals surface area (Å²) >= 11 is 0. The van der Waals surface area contributed by atoms with Crippen LogP contribution in [0.5, 0.6) is 0 Å². The molecule has 106 valence electrons. The Morgan fingerprint density at radius 1 is 1.33 bits per heavy atom. The summed E-state index contributed by atoms with van der Waals surface area (Å²) in [7, 11) is 0. The van der Waals surface area contributed by atoms with Gasteiger partial charge in [0.2, 0.25) is 0 Å². The molecule has 0 aliphatic carbocycles. The first-order valence-electron chi connectivity index (χ1n) is 6.76. The average Bonchev–Trinajstić information content (AvgIpc) is 2.47. The van der Waals surface area contributed by atoms with Gasteiger partial charge in [-0.3, -0.25) is 9.59 Å². The highest BCUT2D eigenvalue weighted by atomic mass is 16.1. The van der Waals surface area contributed by atoms with Crippen molar-refractivity contribution in [3.63, 3.8) is 0 Å². The molecule has 0 saturated heterocycles. The molecule has 0 saturated carbocycles.